The zero-order valence-electron chi connectivity index (χ0n) is 11.3. The van der Waals surface area contributed by atoms with Crippen LogP contribution in [-0.2, 0) is 28.6 Å². The summed E-state index contributed by atoms with van der Waals surface area (Å²) in [5.74, 6) is -0.897. The first kappa shape index (κ1) is 15.4. The molecular formula is C13H18O6. The van der Waals surface area contributed by atoms with Gasteiger partial charge in [-0.2, -0.15) is 0 Å². The first-order valence-electron chi connectivity index (χ1n) is 6.02. The fraction of sp³-hybridized carbons (Fsp3) is 0.615. The lowest BCUT2D eigenvalue weighted by Gasteiger charge is -2.31. The fourth-order valence-electron chi connectivity index (χ4n) is 1.74. The average Bonchev–Trinajstić information content (AvgIpc) is 2.27. The van der Waals surface area contributed by atoms with E-state index < -0.39 is 24.1 Å². The van der Waals surface area contributed by atoms with Crippen LogP contribution in [0.4, 0.5) is 0 Å². The summed E-state index contributed by atoms with van der Waals surface area (Å²) in [6.07, 6.45) is 1.98. The van der Waals surface area contributed by atoms with E-state index in [1.54, 1.807) is 12.2 Å². The van der Waals surface area contributed by atoms with E-state index in [1.165, 1.54) is 20.8 Å². The second kappa shape index (κ2) is 7.04. The molecule has 0 aromatic carbocycles. The van der Waals surface area contributed by atoms with E-state index in [2.05, 4.69) is 0 Å². The number of ketones is 1. The molecule has 6 heteroatoms. The minimum atomic E-state index is -0.611. The van der Waals surface area contributed by atoms with Crippen molar-refractivity contribution >= 4 is 17.7 Å². The van der Waals surface area contributed by atoms with Crippen LogP contribution < -0.4 is 0 Å². The summed E-state index contributed by atoms with van der Waals surface area (Å²) in [5, 5.41) is 0. The second-order valence-electron chi connectivity index (χ2n) is 4.38. The largest absolute Gasteiger partial charge is 0.463 e. The van der Waals surface area contributed by atoms with E-state index in [0.717, 1.165) is 0 Å². The molecule has 0 bridgehead atoms. The lowest BCUT2D eigenvalue weighted by atomic mass is 10.1. The van der Waals surface area contributed by atoms with Gasteiger partial charge in [-0.05, 0) is 13.0 Å². The number of carbonyl (C=O) groups is 3. The highest BCUT2D eigenvalue weighted by atomic mass is 16.6. The molecule has 0 saturated carbocycles. The minimum absolute atomic E-state index is 0.00757. The van der Waals surface area contributed by atoms with Gasteiger partial charge < -0.3 is 14.2 Å². The van der Waals surface area contributed by atoms with Gasteiger partial charge in [0, 0.05) is 20.3 Å². The molecule has 19 heavy (non-hydrogen) atoms. The molecule has 0 radical (unpaired) electrons. The van der Waals surface area contributed by atoms with E-state index in [1.807, 2.05) is 0 Å². The molecule has 1 rings (SSSR count). The van der Waals surface area contributed by atoms with Gasteiger partial charge in [0.05, 0.1) is 6.10 Å². The lowest BCUT2D eigenvalue weighted by Crippen LogP contribution is -2.41. The third kappa shape index (κ3) is 5.65. The Morgan fingerprint density at radius 3 is 2.32 bits per heavy atom. The first-order chi connectivity index (χ1) is 8.88. The zero-order valence-corrected chi connectivity index (χ0v) is 11.3. The van der Waals surface area contributed by atoms with Crippen LogP contribution in [0.25, 0.3) is 0 Å². The molecule has 0 N–H and O–H groups in total. The van der Waals surface area contributed by atoms with E-state index in [0.29, 0.717) is 0 Å². The molecule has 0 saturated heterocycles. The van der Waals surface area contributed by atoms with Gasteiger partial charge in [0.15, 0.2) is 0 Å². The second-order valence-corrected chi connectivity index (χ2v) is 4.38. The molecule has 0 aromatic heterocycles. The van der Waals surface area contributed by atoms with Crippen molar-refractivity contribution in [2.75, 3.05) is 6.61 Å². The Labute approximate surface area is 111 Å². The molecule has 3 atom stereocenters. The molecule has 1 heterocycles. The number of hydrogen-bond donors (Lipinski definition) is 0. The quantitative estimate of drug-likeness (QED) is 0.542. The minimum Gasteiger partial charge on any atom is -0.463 e. The van der Waals surface area contributed by atoms with Gasteiger partial charge in [-0.25, -0.2) is 0 Å². The fourth-order valence-corrected chi connectivity index (χ4v) is 1.74. The van der Waals surface area contributed by atoms with Crippen LogP contribution in [0.1, 0.15) is 27.2 Å². The average molecular weight is 270 g/mol. The van der Waals surface area contributed by atoms with Crippen molar-refractivity contribution in [2.24, 2.45) is 0 Å². The smallest absolute Gasteiger partial charge is 0.303 e. The summed E-state index contributed by atoms with van der Waals surface area (Å²) in [4.78, 5) is 32.9. The summed E-state index contributed by atoms with van der Waals surface area (Å²) in [5.41, 5.74) is 0. The Kier molecular flexibility index (Phi) is 5.69. The Morgan fingerprint density at radius 1 is 1.11 bits per heavy atom. The summed E-state index contributed by atoms with van der Waals surface area (Å²) in [6.45, 7) is 4.02. The lowest BCUT2D eigenvalue weighted by molar-refractivity contribution is -0.164. The van der Waals surface area contributed by atoms with Crippen molar-refractivity contribution in [3.05, 3.63) is 12.2 Å². The molecule has 1 aliphatic rings. The number of Topliss-reactive ketones (excluding diaryl/α,β-unsaturated/α-hetero) is 1. The number of esters is 2. The monoisotopic (exact) mass is 270 g/mol. The molecule has 1 aliphatic heterocycles. The Balaban J connectivity index is 2.68. The van der Waals surface area contributed by atoms with Gasteiger partial charge >= 0.3 is 11.9 Å². The van der Waals surface area contributed by atoms with Crippen molar-refractivity contribution in [1.82, 2.24) is 0 Å². The third-order valence-corrected chi connectivity index (χ3v) is 2.47. The predicted octanol–water partition coefficient (Wildman–Crippen LogP) is 0.784. The van der Waals surface area contributed by atoms with Crippen LogP contribution >= 0.6 is 0 Å². The Bertz CT molecular complexity index is 387. The SMILES string of the molecule is CC(=O)CC1C=CC(OC(C)=O)C(COC(C)=O)O1. The summed E-state index contributed by atoms with van der Waals surface area (Å²) < 4.78 is 15.5. The molecule has 0 spiro atoms. The van der Waals surface area contributed by atoms with Crippen molar-refractivity contribution in [2.45, 2.75) is 45.5 Å². The van der Waals surface area contributed by atoms with Crippen LogP contribution in [0.15, 0.2) is 12.2 Å². The maximum Gasteiger partial charge on any atom is 0.303 e. The number of carbonyl (C=O) groups excluding carboxylic acids is 3. The van der Waals surface area contributed by atoms with E-state index >= 15 is 0 Å². The van der Waals surface area contributed by atoms with Crippen molar-refractivity contribution < 1.29 is 28.6 Å². The van der Waals surface area contributed by atoms with Gasteiger partial charge in [0.1, 0.15) is 24.6 Å². The first-order valence-corrected chi connectivity index (χ1v) is 6.02. The molecule has 0 aromatic rings. The van der Waals surface area contributed by atoms with Crippen LogP contribution in [0.3, 0.4) is 0 Å². The van der Waals surface area contributed by atoms with Crippen LogP contribution in [-0.4, -0.2) is 42.6 Å². The van der Waals surface area contributed by atoms with Crippen molar-refractivity contribution in [3.8, 4) is 0 Å². The van der Waals surface area contributed by atoms with Gasteiger partial charge in [0.25, 0.3) is 0 Å². The molecule has 0 aliphatic carbocycles. The maximum atomic E-state index is 11.1. The molecule has 0 amide bonds. The van der Waals surface area contributed by atoms with E-state index in [4.69, 9.17) is 14.2 Å². The van der Waals surface area contributed by atoms with E-state index in [9.17, 15) is 14.4 Å². The van der Waals surface area contributed by atoms with Crippen molar-refractivity contribution in [1.29, 1.82) is 0 Å². The molecule has 0 fully saturated rings. The number of hydrogen-bond acceptors (Lipinski definition) is 6. The number of rotatable bonds is 5. The standard InChI is InChI=1S/C13H18O6/c1-8(14)6-11-4-5-12(18-10(3)16)13(19-11)7-17-9(2)15/h4-5,11-13H,6-7H2,1-3H3. The predicted molar refractivity (Wildman–Crippen MR) is 65.3 cm³/mol. The van der Waals surface area contributed by atoms with Gasteiger partial charge in [-0.3, -0.25) is 14.4 Å². The molecule has 106 valence electrons. The maximum absolute atomic E-state index is 11.1. The highest BCUT2D eigenvalue weighted by molar-refractivity contribution is 5.76. The van der Waals surface area contributed by atoms with Crippen LogP contribution in [0, 0.1) is 0 Å². The normalized spacial score (nSPS) is 25.7. The summed E-state index contributed by atoms with van der Waals surface area (Å²) >= 11 is 0. The third-order valence-electron chi connectivity index (χ3n) is 2.47. The topological polar surface area (TPSA) is 78.9 Å². The van der Waals surface area contributed by atoms with Crippen LogP contribution in [0.5, 0.6) is 0 Å². The van der Waals surface area contributed by atoms with Gasteiger partial charge in [-0.15, -0.1) is 0 Å². The highest BCUT2D eigenvalue weighted by Gasteiger charge is 2.30. The molecule has 6 nitrogen and oxygen atoms in total. The highest BCUT2D eigenvalue weighted by Crippen LogP contribution is 2.19. The molecule has 3 unspecified atom stereocenters. The van der Waals surface area contributed by atoms with Gasteiger partial charge in [0.2, 0.25) is 0 Å². The molecular weight excluding hydrogens is 252 g/mol. The summed E-state index contributed by atoms with van der Waals surface area (Å²) in [7, 11) is 0. The number of ether oxygens (including phenoxy) is 3. The zero-order chi connectivity index (χ0) is 14.4. The Morgan fingerprint density at radius 2 is 1.79 bits per heavy atom. The van der Waals surface area contributed by atoms with Crippen LogP contribution in [0.2, 0.25) is 0 Å². The Hall–Kier alpha value is -1.69. The van der Waals surface area contributed by atoms with E-state index in [-0.39, 0.29) is 24.9 Å². The van der Waals surface area contributed by atoms with Crippen molar-refractivity contribution in [3.63, 3.8) is 0 Å². The van der Waals surface area contributed by atoms with Gasteiger partial charge in [-0.1, -0.05) is 6.08 Å². The summed E-state index contributed by atoms with van der Waals surface area (Å²) in [6, 6.07) is 0.